The summed E-state index contributed by atoms with van der Waals surface area (Å²) in [5.41, 5.74) is 6.23. The van der Waals surface area contributed by atoms with Gasteiger partial charge in [-0.25, -0.2) is 4.79 Å². The van der Waals surface area contributed by atoms with E-state index < -0.39 is 5.97 Å². The number of nitrogens with one attached hydrogen (secondary N) is 1. The molecule has 5 rings (SSSR count). The number of hydrogen-bond donors (Lipinski definition) is 2. The van der Waals surface area contributed by atoms with Crippen molar-refractivity contribution in [3.05, 3.63) is 123 Å². The first-order chi connectivity index (χ1) is 18.8. The molecule has 0 aliphatic carbocycles. The third-order valence-corrected chi connectivity index (χ3v) is 6.84. The van der Waals surface area contributed by atoms with E-state index in [0.29, 0.717) is 33.5 Å². The van der Waals surface area contributed by atoms with Crippen molar-refractivity contribution in [2.75, 3.05) is 5.32 Å². The Morgan fingerprint density at radius 1 is 0.923 bits per heavy atom. The molecule has 0 unspecified atom stereocenters. The minimum absolute atomic E-state index is 0.119. The highest BCUT2D eigenvalue weighted by Gasteiger charge is 2.20. The van der Waals surface area contributed by atoms with Crippen molar-refractivity contribution in [3.63, 3.8) is 0 Å². The highest BCUT2D eigenvalue weighted by molar-refractivity contribution is 5.94. The molecule has 0 fully saturated rings. The number of benzene rings is 4. The maximum atomic E-state index is 13.6. The van der Waals surface area contributed by atoms with Gasteiger partial charge >= 0.3 is 5.97 Å². The average Bonchev–Trinajstić information content (AvgIpc) is 2.95. The zero-order chi connectivity index (χ0) is 27.7. The van der Waals surface area contributed by atoms with Crippen LogP contribution in [0.5, 0.6) is 0 Å². The van der Waals surface area contributed by atoms with E-state index in [-0.39, 0.29) is 17.0 Å². The minimum Gasteiger partial charge on any atom is -0.478 e. The molecule has 4 aromatic carbocycles. The number of anilines is 1. The summed E-state index contributed by atoms with van der Waals surface area (Å²) in [6.07, 6.45) is 0. The molecule has 1 aromatic heterocycles. The second-order valence-corrected chi connectivity index (χ2v) is 9.61. The van der Waals surface area contributed by atoms with Crippen LogP contribution in [0, 0.1) is 25.2 Å². The lowest BCUT2D eigenvalue weighted by atomic mass is 9.97. The number of rotatable bonds is 6. The molecule has 0 spiro atoms. The summed E-state index contributed by atoms with van der Waals surface area (Å²) >= 11 is 0. The lowest BCUT2D eigenvalue weighted by molar-refractivity contribution is 0.0698. The van der Waals surface area contributed by atoms with Crippen molar-refractivity contribution < 1.29 is 14.3 Å². The number of carbonyl (C=O) groups is 1. The van der Waals surface area contributed by atoms with Gasteiger partial charge < -0.3 is 14.8 Å². The maximum absolute atomic E-state index is 13.6. The monoisotopic (exact) mass is 514 g/mol. The van der Waals surface area contributed by atoms with Crippen LogP contribution in [0.4, 0.5) is 5.69 Å². The number of nitrogens with zero attached hydrogens (tertiary/aromatic N) is 1. The van der Waals surface area contributed by atoms with Gasteiger partial charge in [0.05, 0.1) is 28.6 Å². The van der Waals surface area contributed by atoms with Crippen molar-refractivity contribution in [2.24, 2.45) is 0 Å². The van der Waals surface area contributed by atoms with Crippen LogP contribution in [0.2, 0.25) is 0 Å². The van der Waals surface area contributed by atoms with E-state index >= 15 is 0 Å². The first-order valence-corrected chi connectivity index (χ1v) is 12.5. The highest BCUT2D eigenvalue weighted by atomic mass is 16.4. The van der Waals surface area contributed by atoms with E-state index in [4.69, 9.17) is 4.42 Å². The first kappa shape index (κ1) is 25.5. The SMILES string of the molecule is Cc1cc([C@@H](C)Nc2ccccc2C(=O)O)c2oc(-c3cccc(-c4cccc(C#N)c4)c3)c(C)c(=O)c2c1. The average molecular weight is 515 g/mol. The smallest absolute Gasteiger partial charge is 0.337 e. The quantitative estimate of drug-likeness (QED) is 0.243. The van der Waals surface area contributed by atoms with Crippen molar-refractivity contribution in [1.29, 1.82) is 5.26 Å². The Bertz CT molecular complexity index is 1850. The summed E-state index contributed by atoms with van der Waals surface area (Å²) in [5.74, 6) is -0.557. The molecule has 0 radical (unpaired) electrons. The standard InChI is InChI=1S/C33H26N2O4/c1-19-14-27(21(3)35-29-13-5-4-12-26(29)33(37)38)32-28(15-19)30(36)20(2)31(39-32)25-11-7-10-24(17-25)23-9-6-8-22(16-23)18-34/h4-17,21,35H,1-3H3,(H,37,38)/t21-/m1/s1. The Morgan fingerprint density at radius 3 is 2.36 bits per heavy atom. The van der Waals surface area contributed by atoms with Crippen LogP contribution in [-0.2, 0) is 0 Å². The molecule has 2 N–H and O–H groups in total. The zero-order valence-electron chi connectivity index (χ0n) is 21.8. The molecule has 1 atom stereocenters. The summed E-state index contributed by atoms with van der Waals surface area (Å²) < 4.78 is 6.51. The molecule has 0 saturated heterocycles. The largest absolute Gasteiger partial charge is 0.478 e. The molecule has 6 heteroatoms. The number of carboxylic acids is 1. The molecule has 0 saturated carbocycles. The maximum Gasteiger partial charge on any atom is 0.337 e. The Kier molecular flexibility index (Phi) is 6.74. The molecule has 1 heterocycles. The van der Waals surface area contributed by atoms with Gasteiger partial charge in [0.15, 0.2) is 5.43 Å². The van der Waals surface area contributed by atoms with Crippen LogP contribution in [-0.4, -0.2) is 11.1 Å². The number of nitriles is 1. The van der Waals surface area contributed by atoms with Crippen molar-refractivity contribution >= 4 is 22.6 Å². The molecule has 0 bridgehead atoms. The molecule has 39 heavy (non-hydrogen) atoms. The van der Waals surface area contributed by atoms with Gasteiger partial charge in [0, 0.05) is 22.4 Å². The van der Waals surface area contributed by atoms with Gasteiger partial charge in [-0.2, -0.15) is 5.26 Å². The van der Waals surface area contributed by atoms with Crippen LogP contribution >= 0.6 is 0 Å². The van der Waals surface area contributed by atoms with Gasteiger partial charge in [-0.3, -0.25) is 4.79 Å². The Balaban J connectivity index is 1.65. The molecule has 5 aromatic rings. The zero-order valence-corrected chi connectivity index (χ0v) is 21.8. The normalized spacial score (nSPS) is 11.6. The molecule has 6 nitrogen and oxygen atoms in total. The predicted octanol–water partition coefficient (Wildman–Crippen LogP) is 7.49. The van der Waals surface area contributed by atoms with Crippen molar-refractivity contribution in [3.8, 4) is 28.5 Å². The van der Waals surface area contributed by atoms with Crippen LogP contribution in [0.3, 0.4) is 0 Å². The fourth-order valence-electron chi connectivity index (χ4n) is 4.88. The molecular weight excluding hydrogens is 488 g/mol. The number of para-hydroxylation sites is 1. The van der Waals surface area contributed by atoms with Gasteiger partial charge in [0.25, 0.3) is 0 Å². The summed E-state index contributed by atoms with van der Waals surface area (Å²) in [6.45, 7) is 5.59. The van der Waals surface area contributed by atoms with Crippen molar-refractivity contribution in [1.82, 2.24) is 0 Å². The minimum atomic E-state index is -1.02. The number of aromatic carboxylic acids is 1. The third kappa shape index (κ3) is 4.90. The second kappa shape index (κ2) is 10.3. The molecule has 192 valence electrons. The third-order valence-electron chi connectivity index (χ3n) is 6.84. The Morgan fingerprint density at radius 2 is 1.62 bits per heavy atom. The number of hydrogen-bond acceptors (Lipinski definition) is 5. The van der Waals surface area contributed by atoms with E-state index in [1.54, 1.807) is 37.3 Å². The predicted molar refractivity (Wildman–Crippen MR) is 153 cm³/mol. The van der Waals surface area contributed by atoms with Crippen molar-refractivity contribution in [2.45, 2.75) is 26.8 Å². The summed E-state index contributed by atoms with van der Waals surface area (Å²) in [5, 5.41) is 22.7. The van der Waals surface area contributed by atoms with Crippen LogP contribution < -0.4 is 10.7 Å². The van der Waals surface area contributed by atoms with E-state index in [9.17, 15) is 20.0 Å². The Hall–Kier alpha value is -5.15. The van der Waals surface area contributed by atoms with E-state index in [1.165, 1.54) is 0 Å². The fourth-order valence-corrected chi connectivity index (χ4v) is 4.88. The summed E-state index contributed by atoms with van der Waals surface area (Å²) in [7, 11) is 0. The lowest BCUT2D eigenvalue weighted by Gasteiger charge is -2.20. The second-order valence-electron chi connectivity index (χ2n) is 9.61. The van der Waals surface area contributed by atoms with Crippen LogP contribution in [0.15, 0.2) is 94.1 Å². The summed E-state index contributed by atoms with van der Waals surface area (Å²) in [4.78, 5) is 25.3. The topological polar surface area (TPSA) is 103 Å². The molecule has 0 aliphatic rings. The molecule has 0 amide bonds. The Labute approximate surface area is 225 Å². The summed E-state index contributed by atoms with van der Waals surface area (Å²) in [6, 6.07) is 27.4. The van der Waals surface area contributed by atoms with Crippen LogP contribution in [0.1, 0.15) is 45.6 Å². The van der Waals surface area contributed by atoms with E-state index in [1.807, 2.05) is 68.4 Å². The van der Waals surface area contributed by atoms with Gasteiger partial charge in [-0.05, 0) is 73.9 Å². The van der Waals surface area contributed by atoms with Gasteiger partial charge in [0.2, 0.25) is 0 Å². The fraction of sp³-hybridized carbons (Fsp3) is 0.121. The van der Waals surface area contributed by atoms with Gasteiger partial charge in [-0.1, -0.05) is 48.5 Å². The van der Waals surface area contributed by atoms with Crippen LogP contribution in [0.25, 0.3) is 33.4 Å². The molecule has 0 aliphatic heterocycles. The van der Waals surface area contributed by atoms with E-state index in [0.717, 1.165) is 27.8 Å². The number of aryl methyl sites for hydroxylation is 1. The van der Waals surface area contributed by atoms with E-state index in [2.05, 4.69) is 11.4 Å². The number of carboxylic acid groups (broad SMARTS) is 1. The first-order valence-electron chi connectivity index (χ1n) is 12.5. The number of fused-ring (bicyclic) bond motifs is 1. The highest BCUT2D eigenvalue weighted by Crippen LogP contribution is 2.34. The lowest BCUT2D eigenvalue weighted by Crippen LogP contribution is -2.14. The molecular formula is C33H26N2O4. The van der Waals surface area contributed by atoms with Gasteiger partial charge in [0.1, 0.15) is 11.3 Å². The van der Waals surface area contributed by atoms with Gasteiger partial charge in [-0.15, -0.1) is 0 Å².